The lowest BCUT2D eigenvalue weighted by Crippen LogP contribution is -2.50. The zero-order chi connectivity index (χ0) is 21.3. The number of nitrogens with one attached hydrogen (secondary N) is 1. The molecule has 0 heterocycles. The molecule has 0 aliphatic rings. The lowest BCUT2D eigenvalue weighted by molar-refractivity contribution is -0.140. The van der Waals surface area contributed by atoms with Gasteiger partial charge in [-0.3, -0.25) is 9.59 Å². The van der Waals surface area contributed by atoms with Crippen molar-refractivity contribution >= 4 is 11.8 Å². The van der Waals surface area contributed by atoms with Gasteiger partial charge in [0.2, 0.25) is 11.8 Å². The van der Waals surface area contributed by atoms with E-state index in [2.05, 4.69) is 5.32 Å². The maximum Gasteiger partial charge on any atom is 0.242 e. The highest BCUT2D eigenvalue weighted by atomic mass is 16.2. The molecule has 0 aliphatic carbocycles. The second-order valence-corrected chi connectivity index (χ2v) is 7.49. The van der Waals surface area contributed by atoms with Gasteiger partial charge in [0.1, 0.15) is 6.04 Å². The van der Waals surface area contributed by atoms with Crippen molar-refractivity contribution in [1.82, 2.24) is 10.2 Å². The maximum atomic E-state index is 13.4. The smallest absolute Gasteiger partial charge is 0.242 e. The minimum absolute atomic E-state index is 0.0627. The molecule has 0 saturated heterocycles. The van der Waals surface area contributed by atoms with Gasteiger partial charge < -0.3 is 10.2 Å². The molecule has 4 nitrogen and oxygen atoms in total. The fourth-order valence-electron chi connectivity index (χ4n) is 3.48. The Hall–Kier alpha value is -3.40. The van der Waals surface area contributed by atoms with Crippen LogP contribution in [-0.4, -0.2) is 29.8 Å². The molecule has 2 amide bonds. The molecule has 0 unspecified atom stereocenters. The largest absolute Gasteiger partial charge is 0.357 e. The Bertz CT molecular complexity index is 953. The minimum Gasteiger partial charge on any atom is -0.357 e. The van der Waals surface area contributed by atoms with Crippen LogP contribution in [0.5, 0.6) is 0 Å². The molecule has 0 saturated carbocycles. The summed E-state index contributed by atoms with van der Waals surface area (Å²) < 4.78 is 0. The van der Waals surface area contributed by atoms with Crippen LogP contribution in [-0.2, 0) is 29.0 Å². The van der Waals surface area contributed by atoms with Crippen molar-refractivity contribution in [2.45, 2.75) is 32.4 Å². The van der Waals surface area contributed by atoms with Crippen LogP contribution in [0.25, 0.3) is 0 Å². The van der Waals surface area contributed by atoms with Crippen LogP contribution in [0.2, 0.25) is 0 Å². The fourth-order valence-corrected chi connectivity index (χ4v) is 3.48. The number of benzene rings is 3. The number of rotatable bonds is 8. The molecule has 0 spiro atoms. The SMILES string of the molecule is CNC(=O)[C@@H](Cc1ccccc1)N(Cc1ccccc1)C(=O)Cc1ccc(C)cc1. The number of carbonyl (C=O) groups is 2. The molecule has 3 aromatic carbocycles. The van der Waals surface area contributed by atoms with Gasteiger partial charge in [0.25, 0.3) is 0 Å². The molecule has 1 N–H and O–H groups in total. The summed E-state index contributed by atoms with van der Waals surface area (Å²) in [5.74, 6) is -0.223. The van der Waals surface area contributed by atoms with Crippen molar-refractivity contribution in [2.75, 3.05) is 7.05 Å². The molecule has 4 heteroatoms. The summed E-state index contributed by atoms with van der Waals surface area (Å²) in [5.41, 5.74) is 4.11. The first kappa shape index (κ1) is 21.3. The van der Waals surface area contributed by atoms with Gasteiger partial charge in [0.15, 0.2) is 0 Å². The Morgan fingerprint density at radius 1 is 0.800 bits per heavy atom. The first-order chi connectivity index (χ1) is 14.6. The summed E-state index contributed by atoms with van der Waals surface area (Å²) in [5, 5.41) is 2.74. The normalized spacial score (nSPS) is 11.5. The Morgan fingerprint density at radius 3 is 1.93 bits per heavy atom. The van der Waals surface area contributed by atoms with Crippen LogP contribution >= 0.6 is 0 Å². The lowest BCUT2D eigenvalue weighted by atomic mass is 10.0. The Kier molecular flexibility index (Phi) is 7.39. The molecule has 0 bridgehead atoms. The third-order valence-corrected chi connectivity index (χ3v) is 5.19. The third kappa shape index (κ3) is 5.80. The summed E-state index contributed by atoms with van der Waals surface area (Å²) in [6.07, 6.45) is 0.725. The molecular formula is C26H28N2O2. The van der Waals surface area contributed by atoms with Crippen molar-refractivity contribution < 1.29 is 9.59 Å². The first-order valence-electron chi connectivity index (χ1n) is 10.2. The highest BCUT2D eigenvalue weighted by Gasteiger charge is 2.29. The standard InChI is InChI=1S/C26H28N2O2/c1-20-13-15-22(16-14-20)18-25(29)28(19-23-11-7-4-8-12-23)24(26(30)27-2)17-21-9-5-3-6-10-21/h3-16,24H,17-19H2,1-2H3,(H,27,30)/t24-/m1/s1. The minimum atomic E-state index is -0.587. The number of hydrogen-bond acceptors (Lipinski definition) is 2. The number of carbonyl (C=O) groups excluding carboxylic acids is 2. The van der Waals surface area contributed by atoms with Crippen LogP contribution in [0, 0.1) is 6.92 Å². The van der Waals surface area contributed by atoms with Crippen LogP contribution in [0.1, 0.15) is 22.3 Å². The van der Waals surface area contributed by atoms with Gasteiger partial charge in [-0.1, -0.05) is 90.5 Å². The van der Waals surface area contributed by atoms with E-state index < -0.39 is 6.04 Å². The van der Waals surface area contributed by atoms with Crippen LogP contribution in [0.3, 0.4) is 0 Å². The first-order valence-corrected chi connectivity index (χ1v) is 10.2. The number of hydrogen-bond donors (Lipinski definition) is 1. The van der Waals surface area contributed by atoms with E-state index >= 15 is 0 Å². The predicted molar refractivity (Wildman–Crippen MR) is 120 cm³/mol. The molecule has 154 valence electrons. The van der Waals surface area contributed by atoms with Gasteiger partial charge in [0, 0.05) is 20.0 Å². The second kappa shape index (κ2) is 10.4. The number of likely N-dealkylation sites (N-methyl/N-ethyl adjacent to an activating group) is 1. The molecule has 0 aliphatic heterocycles. The summed E-state index contributed by atoms with van der Waals surface area (Å²) >= 11 is 0. The predicted octanol–water partition coefficient (Wildman–Crippen LogP) is 3.92. The zero-order valence-corrected chi connectivity index (χ0v) is 17.5. The summed E-state index contributed by atoms with van der Waals surface area (Å²) in [6, 6.07) is 27.0. The molecule has 0 fully saturated rings. The second-order valence-electron chi connectivity index (χ2n) is 7.49. The van der Waals surface area contributed by atoms with Gasteiger partial charge in [-0.25, -0.2) is 0 Å². The van der Waals surface area contributed by atoms with Gasteiger partial charge in [-0.15, -0.1) is 0 Å². The Labute approximate surface area is 178 Å². The zero-order valence-electron chi connectivity index (χ0n) is 17.5. The van der Waals surface area contributed by atoms with Crippen molar-refractivity contribution in [2.24, 2.45) is 0 Å². The summed E-state index contributed by atoms with van der Waals surface area (Å²) in [7, 11) is 1.62. The third-order valence-electron chi connectivity index (χ3n) is 5.19. The van der Waals surface area contributed by atoms with Crippen molar-refractivity contribution in [1.29, 1.82) is 0 Å². The molecular weight excluding hydrogens is 372 g/mol. The monoisotopic (exact) mass is 400 g/mol. The average molecular weight is 401 g/mol. The van der Waals surface area contributed by atoms with E-state index in [4.69, 9.17) is 0 Å². The van der Waals surface area contributed by atoms with Crippen molar-refractivity contribution in [3.8, 4) is 0 Å². The average Bonchev–Trinajstić information content (AvgIpc) is 2.78. The quantitative estimate of drug-likeness (QED) is 0.623. The van der Waals surface area contributed by atoms with E-state index in [0.29, 0.717) is 13.0 Å². The molecule has 0 radical (unpaired) electrons. The number of amides is 2. The van der Waals surface area contributed by atoms with Crippen LogP contribution in [0.4, 0.5) is 0 Å². The molecule has 30 heavy (non-hydrogen) atoms. The van der Waals surface area contributed by atoms with Gasteiger partial charge in [-0.05, 0) is 23.6 Å². The van der Waals surface area contributed by atoms with E-state index in [9.17, 15) is 9.59 Å². The molecule has 3 rings (SSSR count). The van der Waals surface area contributed by atoms with E-state index in [1.54, 1.807) is 11.9 Å². The Balaban J connectivity index is 1.91. The topological polar surface area (TPSA) is 49.4 Å². The van der Waals surface area contributed by atoms with E-state index in [1.807, 2.05) is 91.9 Å². The van der Waals surface area contributed by atoms with E-state index in [1.165, 1.54) is 0 Å². The van der Waals surface area contributed by atoms with Crippen molar-refractivity contribution in [3.63, 3.8) is 0 Å². The van der Waals surface area contributed by atoms with Gasteiger partial charge in [0.05, 0.1) is 6.42 Å². The Morgan fingerprint density at radius 2 is 1.37 bits per heavy atom. The van der Waals surface area contributed by atoms with Crippen LogP contribution < -0.4 is 5.32 Å². The number of aryl methyl sites for hydroxylation is 1. The van der Waals surface area contributed by atoms with Gasteiger partial charge in [-0.2, -0.15) is 0 Å². The summed E-state index contributed by atoms with van der Waals surface area (Å²) in [4.78, 5) is 28.0. The summed E-state index contributed by atoms with van der Waals surface area (Å²) in [6.45, 7) is 2.41. The molecule has 1 atom stereocenters. The highest BCUT2D eigenvalue weighted by molar-refractivity contribution is 5.88. The van der Waals surface area contributed by atoms with E-state index in [-0.39, 0.29) is 18.2 Å². The van der Waals surface area contributed by atoms with Crippen LogP contribution in [0.15, 0.2) is 84.9 Å². The highest BCUT2D eigenvalue weighted by Crippen LogP contribution is 2.16. The van der Waals surface area contributed by atoms with Crippen molar-refractivity contribution in [3.05, 3.63) is 107 Å². The van der Waals surface area contributed by atoms with Gasteiger partial charge >= 0.3 is 0 Å². The molecule has 0 aromatic heterocycles. The number of nitrogens with zero attached hydrogens (tertiary/aromatic N) is 1. The van der Waals surface area contributed by atoms with E-state index in [0.717, 1.165) is 22.3 Å². The molecule has 3 aromatic rings. The fraction of sp³-hybridized carbons (Fsp3) is 0.231. The maximum absolute atomic E-state index is 13.4. The lowest BCUT2D eigenvalue weighted by Gasteiger charge is -2.31.